The lowest BCUT2D eigenvalue weighted by Gasteiger charge is -2.34. The van der Waals surface area contributed by atoms with Crippen LogP contribution in [0.25, 0.3) is 0 Å². The first-order valence-corrected chi connectivity index (χ1v) is 3.69. The molecule has 1 fully saturated rings. The number of aliphatic hydroxyl groups is 2. The number of ether oxygens (including phenoxy) is 2. The van der Waals surface area contributed by atoms with Crippen molar-refractivity contribution in [1.82, 2.24) is 0 Å². The van der Waals surface area contributed by atoms with Gasteiger partial charge in [0.1, 0.15) is 6.10 Å². The van der Waals surface area contributed by atoms with Gasteiger partial charge in [-0.2, -0.15) is 0 Å². The lowest BCUT2D eigenvalue weighted by atomic mass is 10.0. The fourth-order valence-electron chi connectivity index (χ4n) is 1.26. The molecule has 1 aliphatic rings. The molecule has 2 N–H and O–H groups in total. The van der Waals surface area contributed by atoms with Crippen molar-refractivity contribution in [2.45, 2.75) is 37.9 Å². The average molecular weight is 162 g/mol. The largest absolute Gasteiger partial charge is 0.388 e. The van der Waals surface area contributed by atoms with Gasteiger partial charge in [0, 0.05) is 13.5 Å². The van der Waals surface area contributed by atoms with Crippen LogP contribution in [0, 0.1) is 0 Å². The third-order valence-corrected chi connectivity index (χ3v) is 1.97. The summed E-state index contributed by atoms with van der Waals surface area (Å²) in [4.78, 5) is 0. The maximum atomic E-state index is 9.39. The highest BCUT2D eigenvalue weighted by atomic mass is 16.6. The number of rotatable bonds is 1. The Labute approximate surface area is 65.7 Å². The van der Waals surface area contributed by atoms with Crippen LogP contribution < -0.4 is 0 Å². The highest BCUT2D eigenvalue weighted by Gasteiger charge is 2.34. The molecule has 11 heavy (non-hydrogen) atoms. The van der Waals surface area contributed by atoms with Crippen LogP contribution in [0.4, 0.5) is 0 Å². The van der Waals surface area contributed by atoms with Crippen LogP contribution in [-0.4, -0.2) is 41.9 Å². The summed E-state index contributed by atoms with van der Waals surface area (Å²) in [5, 5.41) is 18.5. The van der Waals surface area contributed by atoms with Gasteiger partial charge in [-0.25, -0.2) is 0 Å². The van der Waals surface area contributed by atoms with Gasteiger partial charge in [-0.05, 0) is 6.92 Å². The van der Waals surface area contributed by atoms with E-state index in [4.69, 9.17) is 14.6 Å². The van der Waals surface area contributed by atoms with E-state index in [0.717, 1.165) is 0 Å². The fourth-order valence-corrected chi connectivity index (χ4v) is 1.26. The number of methoxy groups -OCH3 is 1. The van der Waals surface area contributed by atoms with Gasteiger partial charge in [0.25, 0.3) is 0 Å². The normalized spacial score (nSPS) is 45.8. The highest BCUT2D eigenvalue weighted by molar-refractivity contribution is 4.80. The summed E-state index contributed by atoms with van der Waals surface area (Å²) in [5.41, 5.74) is 0. The molecule has 66 valence electrons. The molecule has 0 radical (unpaired) electrons. The van der Waals surface area contributed by atoms with Crippen LogP contribution in [0.5, 0.6) is 0 Å². The third-order valence-electron chi connectivity index (χ3n) is 1.97. The van der Waals surface area contributed by atoms with Crippen LogP contribution in [0.3, 0.4) is 0 Å². The number of aliphatic hydroxyl groups excluding tert-OH is 2. The Bertz CT molecular complexity index is 128. The first-order chi connectivity index (χ1) is 5.15. The van der Waals surface area contributed by atoms with Crippen LogP contribution in [0.15, 0.2) is 0 Å². The maximum absolute atomic E-state index is 9.39. The topological polar surface area (TPSA) is 58.9 Å². The molecule has 4 nitrogen and oxygen atoms in total. The van der Waals surface area contributed by atoms with Gasteiger partial charge < -0.3 is 19.7 Å². The minimum atomic E-state index is -0.807. The Balaban J connectivity index is 2.51. The minimum absolute atomic E-state index is 0.311. The monoisotopic (exact) mass is 162 g/mol. The molecule has 1 heterocycles. The van der Waals surface area contributed by atoms with Gasteiger partial charge in [-0.3, -0.25) is 0 Å². The van der Waals surface area contributed by atoms with E-state index in [0.29, 0.717) is 6.42 Å². The molecule has 0 bridgehead atoms. The maximum Gasteiger partial charge on any atom is 0.157 e. The smallest absolute Gasteiger partial charge is 0.157 e. The van der Waals surface area contributed by atoms with Crippen molar-refractivity contribution >= 4 is 0 Å². The average Bonchev–Trinajstić information content (AvgIpc) is 1.96. The molecule has 0 aromatic heterocycles. The van der Waals surface area contributed by atoms with E-state index in [-0.39, 0.29) is 12.2 Å². The Morgan fingerprint density at radius 3 is 2.64 bits per heavy atom. The van der Waals surface area contributed by atoms with Gasteiger partial charge in [0.05, 0.1) is 12.2 Å². The van der Waals surface area contributed by atoms with Crippen molar-refractivity contribution in [2.24, 2.45) is 0 Å². The predicted molar refractivity (Wildman–Crippen MR) is 38.0 cm³/mol. The second-order valence-electron chi connectivity index (χ2n) is 2.80. The van der Waals surface area contributed by atoms with Gasteiger partial charge in [0.2, 0.25) is 0 Å². The highest BCUT2D eigenvalue weighted by Crippen LogP contribution is 2.20. The second kappa shape index (κ2) is 3.49. The number of hydrogen-bond donors (Lipinski definition) is 2. The van der Waals surface area contributed by atoms with Crippen molar-refractivity contribution in [1.29, 1.82) is 0 Å². The van der Waals surface area contributed by atoms with Gasteiger partial charge in [-0.1, -0.05) is 0 Å². The summed E-state index contributed by atoms with van der Waals surface area (Å²) in [6.07, 6.45) is -1.78. The molecule has 0 aromatic rings. The first-order valence-electron chi connectivity index (χ1n) is 3.69. The Morgan fingerprint density at radius 1 is 1.45 bits per heavy atom. The summed E-state index contributed by atoms with van der Waals surface area (Å²) in [6.45, 7) is 1.71. The van der Waals surface area contributed by atoms with Crippen LogP contribution >= 0.6 is 0 Å². The molecule has 4 atom stereocenters. The van der Waals surface area contributed by atoms with Gasteiger partial charge in [-0.15, -0.1) is 0 Å². The zero-order chi connectivity index (χ0) is 8.43. The molecule has 0 aromatic carbocycles. The first kappa shape index (κ1) is 8.93. The summed E-state index contributed by atoms with van der Waals surface area (Å²) in [5.74, 6) is 0. The lowest BCUT2D eigenvalue weighted by molar-refractivity contribution is -0.231. The van der Waals surface area contributed by atoms with E-state index in [2.05, 4.69) is 0 Å². The van der Waals surface area contributed by atoms with Gasteiger partial charge >= 0.3 is 0 Å². The molecular formula is C7H14O4. The summed E-state index contributed by atoms with van der Waals surface area (Å²) in [7, 11) is 1.51. The molecule has 0 amide bonds. The van der Waals surface area contributed by atoms with E-state index in [1.165, 1.54) is 7.11 Å². The zero-order valence-corrected chi connectivity index (χ0v) is 6.73. The van der Waals surface area contributed by atoms with Gasteiger partial charge in [0.15, 0.2) is 6.29 Å². The summed E-state index contributed by atoms with van der Waals surface area (Å²) in [6, 6.07) is 0. The SMILES string of the molecule is CO[C@H]1C[C@@H](O)O[C@H](C)[C@@H]1O. The van der Waals surface area contributed by atoms with E-state index in [1.807, 2.05) is 0 Å². The quantitative estimate of drug-likeness (QED) is 0.545. The molecule has 1 saturated heterocycles. The Hall–Kier alpha value is -0.160. The standard InChI is InChI=1S/C7H14O4/c1-4-7(9)5(10-2)3-6(8)11-4/h4-9H,3H2,1-2H3/t4-,5+,6+,7+/m1/s1. The third kappa shape index (κ3) is 1.90. The molecule has 1 aliphatic heterocycles. The molecule has 0 aliphatic carbocycles. The molecular weight excluding hydrogens is 148 g/mol. The van der Waals surface area contributed by atoms with Crippen molar-refractivity contribution in [3.63, 3.8) is 0 Å². The van der Waals surface area contributed by atoms with Crippen molar-refractivity contribution in [3.8, 4) is 0 Å². The number of hydrogen-bond acceptors (Lipinski definition) is 4. The second-order valence-corrected chi connectivity index (χ2v) is 2.80. The fraction of sp³-hybridized carbons (Fsp3) is 1.00. The Morgan fingerprint density at radius 2 is 2.09 bits per heavy atom. The zero-order valence-electron chi connectivity index (χ0n) is 6.73. The van der Waals surface area contributed by atoms with E-state index < -0.39 is 12.4 Å². The van der Waals surface area contributed by atoms with Crippen LogP contribution in [0.2, 0.25) is 0 Å². The molecule has 4 heteroatoms. The molecule has 0 saturated carbocycles. The van der Waals surface area contributed by atoms with Crippen LogP contribution in [-0.2, 0) is 9.47 Å². The van der Waals surface area contributed by atoms with E-state index >= 15 is 0 Å². The van der Waals surface area contributed by atoms with E-state index in [1.54, 1.807) is 6.92 Å². The summed E-state index contributed by atoms with van der Waals surface area (Å²) < 4.78 is 9.91. The minimum Gasteiger partial charge on any atom is -0.388 e. The molecule has 0 spiro atoms. The van der Waals surface area contributed by atoms with Crippen LogP contribution in [0.1, 0.15) is 13.3 Å². The lowest BCUT2D eigenvalue weighted by Crippen LogP contribution is -2.47. The Kier molecular flexibility index (Phi) is 2.84. The van der Waals surface area contributed by atoms with Crippen molar-refractivity contribution < 1.29 is 19.7 Å². The molecule has 0 unspecified atom stereocenters. The van der Waals surface area contributed by atoms with Crippen molar-refractivity contribution in [2.75, 3.05) is 7.11 Å². The molecule has 1 rings (SSSR count). The van der Waals surface area contributed by atoms with E-state index in [9.17, 15) is 5.11 Å². The predicted octanol–water partition coefficient (Wildman–Crippen LogP) is -0.510. The van der Waals surface area contributed by atoms with Crippen molar-refractivity contribution in [3.05, 3.63) is 0 Å². The summed E-state index contributed by atoms with van der Waals surface area (Å²) >= 11 is 0.